The number of rotatable bonds is 7. The van der Waals surface area contributed by atoms with E-state index in [-0.39, 0.29) is 0 Å². The topological polar surface area (TPSA) is 23.8 Å². The monoisotopic (exact) mass is 375 g/mol. The molecule has 2 aliphatic rings. The zero-order valence-corrected chi connectivity index (χ0v) is 17.7. The molecular formula is C27H37N. The van der Waals surface area contributed by atoms with Gasteiger partial charge in [-0.3, -0.25) is 0 Å². The van der Waals surface area contributed by atoms with Crippen molar-refractivity contribution in [1.82, 2.24) is 0 Å². The van der Waals surface area contributed by atoms with Gasteiger partial charge < -0.3 is 0 Å². The Morgan fingerprint density at radius 1 is 1.00 bits per heavy atom. The minimum absolute atomic E-state index is 0.756. The van der Waals surface area contributed by atoms with Gasteiger partial charge in [0.1, 0.15) is 0 Å². The highest BCUT2D eigenvalue weighted by Gasteiger charge is 2.29. The summed E-state index contributed by atoms with van der Waals surface area (Å²) in [6, 6.07) is 11.5. The molecule has 150 valence electrons. The van der Waals surface area contributed by atoms with E-state index in [0.29, 0.717) is 0 Å². The lowest BCUT2D eigenvalue weighted by molar-refractivity contribution is 0.260. The van der Waals surface area contributed by atoms with Crippen LogP contribution in [-0.2, 0) is 6.42 Å². The standard InChI is InChI=1S/C27H37N/c1-3-22-8-14-26(15-9-22)27-18-16-25(17-19-27)21(2)24-12-10-23(11-13-24)7-5-4-6-20-28/h4,6,8-9,14-15,23-25,27H,2-3,5,7,10-13,16-19H2,1H3. The predicted molar refractivity (Wildman–Crippen MR) is 119 cm³/mol. The first kappa shape index (κ1) is 20.9. The van der Waals surface area contributed by atoms with Crippen molar-refractivity contribution in [3.8, 4) is 6.07 Å². The van der Waals surface area contributed by atoms with Gasteiger partial charge in [-0.2, -0.15) is 5.26 Å². The fourth-order valence-electron chi connectivity index (χ4n) is 5.45. The van der Waals surface area contributed by atoms with E-state index in [4.69, 9.17) is 5.26 Å². The average Bonchev–Trinajstić information content (AvgIpc) is 2.77. The minimum Gasteiger partial charge on any atom is -0.193 e. The molecule has 3 rings (SSSR count). The fourth-order valence-corrected chi connectivity index (χ4v) is 5.45. The number of allylic oxidation sites excluding steroid dienone is 3. The van der Waals surface area contributed by atoms with Crippen LogP contribution in [0.1, 0.15) is 88.2 Å². The summed E-state index contributed by atoms with van der Waals surface area (Å²) in [6.07, 6.45) is 17.8. The second-order valence-corrected chi connectivity index (χ2v) is 9.05. The summed E-state index contributed by atoms with van der Waals surface area (Å²) < 4.78 is 0. The highest BCUT2D eigenvalue weighted by Crippen LogP contribution is 2.44. The molecule has 0 saturated heterocycles. The van der Waals surface area contributed by atoms with Crippen molar-refractivity contribution in [3.63, 3.8) is 0 Å². The Morgan fingerprint density at radius 3 is 2.18 bits per heavy atom. The van der Waals surface area contributed by atoms with Crippen molar-refractivity contribution in [1.29, 1.82) is 5.26 Å². The highest BCUT2D eigenvalue weighted by molar-refractivity contribution is 5.26. The van der Waals surface area contributed by atoms with E-state index in [0.717, 1.165) is 36.5 Å². The third-order valence-corrected chi connectivity index (χ3v) is 7.42. The van der Waals surface area contributed by atoms with Gasteiger partial charge in [0.2, 0.25) is 0 Å². The number of nitrogens with zero attached hydrogens (tertiary/aromatic N) is 1. The van der Waals surface area contributed by atoms with E-state index < -0.39 is 0 Å². The van der Waals surface area contributed by atoms with E-state index >= 15 is 0 Å². The number of hydrogen-bond acceptors (Lipinski definition) is 1. The van der Waals surface area contributed by atoms with Gasteiger partial charge in [0.25, 0.3) is 0 Å². The van der Waals surface area contributed by atoms with Crippen LogP contribution in [0.25, 0.3) is 0 Å². The Hall–Kier alpha value is -1.81. The number of hydrogen-bond donors (Lipinski definition) is 0. The summed E-state index contributed by atoms with van der Waals surface area (Å²) in [5.41, 5.74) is 4.57. The summed E-state index contributed by atoms with van der Waals surface area (Å²) in [5.74, 6) is 3.13. The summed E-state index contributed by atoms with van der Waals surface area (Å²) in [4.78, 5) is 0. The lowest BCUT2D eigenvalue weighted by Gasteiger charge is -2.36. The Kier molecular flexibility index (Phi) is 7.96. The largest absolute Gasteiger partial charge is 0.193 e. The van der Waals surface area contributed by atoms with Crippen molar-refractivity contribution in [2.45, 2.75) is 83.5 Å². The molecule has 0 unspecified atom stereocenters. The van der Waals surface area contributed by atoms with Gasteiger partial charge in [0.15, 0.2) is 0 Å². The Balaban J connectivity index is 1.41. The zero-order valence-electron chi connectivity index (χ0n) is 17.7. The third kappa shape index (κ3) is 5.60. The van der Waals surface area contributed by atoms with Crippen LogP contribution < -0.4 is 0 Å². The molecule has 1 aromatic rings. The molecule has 0 bridgehead atoms. The van der Waals surface area contributed by atoms with Gasteiger partial charge in [-0.05, 0) is 105 Å². The van der Waals surface area contributed by atoms with E-state index in [1.165, 1.54) is 63.4 Å². The van der Waals surface area contributed by atoms with E-state index in [1.54, 1.807) is 17.2 Å². The van der Waals surface area contributed by atoms with Crippen molar-refractivity contribution in [3.05, 3.63) is 59.7 Å². The molecule has 0 atom stereocenters. The molecule has 0 N–H and O–H groups in total. The van der Waals surface area contributed by atoms with E-state index in [2.05, 4.69) is 43.8 Å². The molecule has 0 aromatic heterocycles. The van der Waals surface area contributed by atoms with Crippen LogP contribution in [-0.4, -0.2) is 0 Å². The maximum atomic E-state index is 8.58. The first-order valence-corrected chi connectivity index (χ1v) is 11.5. The average molecular weight is 376 g/mol. The number of benzene rings is 1. The first-order valence-electron chi connectivity index (χ1n) is 11.5. The smallest absolute Gasteiger partial charge is 0.0908 e. The molecule has 0 heterocycles. The van der Waals surface area contributed by atoms with E-state index in [9.17, 15) is 0 Å². The fraction of sp³-hybridized carbons (Fsp3) is 0.593. The van der Waals surface area contributed by atoms with Gasteiger partial charge >= 0.3 is 0 Å². The summed E-state index contributed by atoms with van der Waals surface area (Å²) in [7, 11) is 0. The molecular weight excluding hydrogens is 338 g/mol. The van der Waals surface area contributed by atoms with Crippen molar-refractivity contribution < 1.29 is 0 Å². The van der Waals surface area contributed by atoms with Crippen LogP contribution in [0, 0.1) is 29.1 Å². The molecule has 2 aliphatic carbocycles. The Labute approximate surface area is 172 Å². The van der Waals surface area contributed by atoms with Crippen LogP contribution in [0.4, 0.5) is 0 Å². The van der Waals surface area contributed by atoms with Gasteiger partial charge in [-0.25, -0.2) is 0 Å². The quantitative estimate of drug-likeness (QED) is 0.353. The molecule has 1 aromatic carbocycles. The summed E-state index contributed by atoms with van der Waals surface area (Å²) in [6.45, 7) is 6.81. The van der Waals surface area contributed by atoms with E-state index in [1.807, 2.05) is 6.08 Å². The molecule has 1 heteroatoms. The molecule has 28 heavy (non-hydrogen) atoms. The minimum atomic E-state index is 0.756. The van der Waals surface area contributed by atoms with Crippen molar-refractivity contribution in [2.24, 2.45) is 17.8 Å². The van der Waals surface area contributed by atoms with Crippen molar-refractivity contribution in [2.75, 3.05) is 0 Å². The highest BCUT2D eigenvalue weighted by atomic mass is 14.3. The third-order valence-electron chi connectivity index (χ3n) is 7.42. The second-order valence-electron chi connectivity index (χ2n) is 9.05. The Bertz CT molecular complexity index is 674. The Morgan fingerprint density at radius 2 is 1.61 bits per heavy atom. The van der Waals surface area contributed by atoms with Gasteiger partial charge in [0.05, 0.1) is 6.07 Å². The normalized spacial score (nSPS) is 28.1. The SMILES string of the molecule is C=C(C1CCC(CCC=CC#N)CC1)C1CCC(c2ccc(CC)cc2)CC1. The predicted octanol–water partition coefficient (Wildman–Crippen LogP) is 7.75. The molecule has 0 spiro atoms. The van der Waals surface area contributed by atoms with Crippen molar-refractivity contribution >= 4 is 0 Å². The summed E-state index contributed by atoms with van der Waals surface area (Å²) in [5, 5.41) is 8.58. The molecule has 2 saturated carbocycles. The molecule has 0 aliphatic heterocycles. The molecule has 1 nitrogen and oxygen atoms in total. The lowest BCUT2D eigenvalue weighted by Crippen LogP contribution is -2.22. The maximum absolute atomic E-state index is 8.58. The first-order chi connectivity index (χ1) is 13.7. The van der Waals surface area contributed by atoms with Crippen LogP contribution in [0.15, 0.2) is 48.6 Å². The van der Waals surface area contributed by atoms with Crippen LogP contribution in [0.5, 0.6) is 0 Å². The lowest BCUT2D eigenvalue weighted by atomic mass is 9.69. The van der Waals surface area contributed by atoms with Crippen LogP contribution in [0.2, 0.25) is 0 Å². The van der Waals surface area contributed by atoms with Crippen LogP contribution in [0.3, 0.4) is 0 Å². The molecule has 2 fully saturated rings. The zero-order chi connectivity index (χ0) is 19.8. The summed E-state index contributed by atoms with van der Waals surface area (Å²) >= 11 is 0. The van der Waals surface area contributed by atoms with Gasteiger partial charge in [-0.15, -0.1) is 0 Å². The molecule has 0 amide bonds. The second kappa shape index (κ2) is 10.7. The maximum Gasteiger partial charge on any atom is 0.0908 e. The molecule has 0 radical (unpaired) electrons. The number of nitriles is 1. The number of aryl methyl sites for hydroxylation is 1. The van der Waals surface area contributed by atoms with Crippen LogP contribution >= 0.6 is 0 Å². The van der Waals surface area contributed by atoms with Gasteiger partial charge in [-0.1, -0.05) is 49.4 Å². The van der Waals surface area contributed by atoms with Gasteiger partial charge in [0, 0.05) is 6.08 Å².